The molecule has 0 spiro atoms. The van der Waals surface area contributed by atoms with Gasteiger partial charge in [-0.25, -0.2) is 0 Å². The van der Waals surface area contributed by atoms with Crippen LogP contribution in [0.3, 0.4) is 0 Å². The molecule has 0 N–H and O–H groups in total. The molecular weight excluding hydrogens is 293 g/mol. The predicted molar refractivity (Wildman–Crippen MR) is 70.3 cm³/mol. The van der Waals surface area contributed by atoms with E-state index in [1.807, 2.05) is 0 Å². The highest BCUT2D eigenvalue weighted by Gasteiger charge is 2.48. The maximum absolute atomic E-state index is 12.3. The van der Waals surface area contributed by atoms with Gasteiger partial charge >= 0.3 is 15.6 Å². The third kappa shape index (κ3) is 6.15. The van der Waals surface area contributed by atoms with Crippen LogP contribution in [0.2, 0.25) is 0 Å². The second-order valence-electron chi connectivity index (χ2n) is 5.02. The predicted octanol–water partition coefficient (Wildman–Crippen LogP) is 4.65. The Hall–Kier alpha value is -0.720. The van der Waals surface area contributed by atoms with Gasteiger partial charge in [-0.1, -0.05) is 38.5 Å². The minimum absolute atomic E-state index is 0.0668. The fraction of sp³-hybridized carbons (Fsp3) is 0.846. The van der Waals surface area contributed by atoms with Crippen LogP contribution in [0.1, 0.15) is 64.2 Å². The number of hydrogen-bond acceptors (Lipinski definition) is 3. The molecule has 0 amide bonds. The summed E-state index contributed by atoms with van der Waals surface area (Å²) in [6, 6.07) is 0. The summed E-state index contributed by atoms with van der Waals surface area (Å²) >= 11 is 0. The number of hydrogen-bond donors (Lipinski definition) is 0. The van der Waals surface area contributed by atoms with Gasteiger partial charge in [-0.05, 0) is 25.3 Å². The summed E-state index contributed by atoms with van der Waals surface area (Å²) in [7, 11) is -5.53. The topological polar surface area (TPSA) is 43.4 Å². The van der Waals surface area contributed by atoms with Gasteiger partial charge in [0.15, 0.2) is 0 Å². The molecule has 1 aliphatic carbocycles. The van der Waals surface area contributed by atoms with Crippen molar-refractivity contribution in [1.29, 1.82) is 0 Å². The van der Waals surface area contributed by atoms with E-state index in [4.69, 9.17) is 0 Å². The molecule has 0 heterocycles. The summed E-state index contributed by atoms with van der Waals surface area (Å²) < 4.78 is 63.2. The van der Waals surface area contributed by atoms with Gasteiger partial charge in [-0.2, -0.15) is 21.6 Å². The van der Waals surface area contributed by atoms with E-state index in [0.717, 1.165) is 38.5 Å². The molecule has 118 valence electrons. The highest BCUT2D eigenvalue weighted by Crippen LogP contribution is 2.28. The average Bonchev–Trinajstić information content (AvgIpc) is 2.31. The molecule has 0 aromatic carbocycles. The fourth-order valence-corrected chi connectivity index (χ4v) is 2.66. The summed E-state index contributed by atoms with van der Waals surface area (Å²) in [6.45, 7) is 0. The maximum atomic E-state index is 12.3. The second-order valence-corrected chi connectivity index (χ2v) is 6.56. The van der Waals surface area contributed by atoms with Crippen molar-refractivity contribution in [2.75, 3.05) is 0 Å². The van der Waals surface area contributed by atoms with E-state index in [1.165, 1.54) is 12.5 Å². The van der Waals surface area contributed by atoms with Gasteiger partial charge in [-0.3, -0.25) is 0 Å². The molecule has 7 heteroatoms. The summed E-state index contributed by atoms with van der Waals surface area (Å²) in [6.07, 6.45) is 10.1. The lowest BCUT2D eigenvalue weighted by atomic mass is 10.0. The Morgan fingerprint density at radius 2 is 1.40 bits per heavy atom. The molecule has 0 saturated heterocycles. The Morgan fingerprint density at radius 3 is 1.95 bits per heavy atom. The van der Waals surface area contributed by atoms with Crippen LogP contribution in [0.4, 0.5) is 13.2 Å². The Balaban J connectivity index is 2.67. The van der Waals surface area contributed by atoms with E-state index in [-0.39, 0.29) is 12.2 Å². The molecule has 0 aromatic rings. The zero-order valence-corrected chi connectivity index (χ0v) is 12.2. The number of allylic oxidation sites excluding steroid dienone is 2. The Labute approximate surface area is 118 Å². The summed E-state index contributed by atoms with van der Waals surface area (Å²) in [5, 5.41) is 0. The van der Waals surface area contributed by atoms with Gasteiger partial charge < -0.3 is 4.18 Å². The highest BCUT2D eigenvalue weighted by atomic mass is 32.2. The SMILES string of the molecule is O=S(=O)(OC1=CCCCCCCCCCC1)C(F)(F)F. The van der Waals surface area contributed by atoms with E-state index in [9.17, 15) is 21.6 Å². The Kier molecular flexibility index (Phi) is 6.85. The van der Waals surface area contributed by atoms with E-state index >= 15 is 0 Å². The number of halogens is 3. The van der Waals surface area contributed by atoms with Crippen LogP contribution in [-0.2, 0) is 14.3 Å². The van der Waals surface area contributed by atoms with Crippen molar-refractivity contribution in [3.8, 4) is 0 Å². The standard InChI is InChI=1S/C13H21F3O3S/c14-13(15,16)20(17,18)19-12-10-8-6-4-2-1-3-5-7-9-11-12/h10H,1-9,11H2. The van der Waals surface area contributed by atoms with Crippen molar-refractivity contribution in [3.05, 3.63) is 11.8 Å². The largest absolute Gasteiger partial charge is 0.534 e. The lowest BCUT2D eigenvalue weighted by molar-refractivity contribution is -0.0523. The molecule has 0 aromatic heterocycles. The molecule has 0 aliphatic heterocycles. The van der Waals surface area contributed by atoms with Crippen molar-refractivity contribution < 1.29 is 25.8 Å². The molecular formula is C13H21F3O3S. The first-order valence-electron chi connectivity index (χ1n) is 7.03. The quantitative estimate of drug-likeness (QED) is 0.550. The zero-order chi connectivity index (χ0) is 15.1. The van der Waals surface area contributed by atoms with Gasteiger partial charge in [0.2, 0.25) is 0 Å². The van der Waals surface area contributed by atoms with Crippen LogP contribution in [-0.4, -0.2) is 13.9 Å². The van der Waals surface area contributed by atoms with Gasteiger partial charge in [0, 0.05) is 6.42 Å². The van der Waals surface area contributed by atoms with Crippen LogP contribution in [0.15, 0.2) is 11.8 Å². The van der Waals surface area contributed by atoms with Crippen LogP contribution in [0, 0.1) is 0 Å². The van der Waals surface area contributed by atoms with Crippen molar-refractivity contribution in [2.45, 2.75) is 69.7 Å². The van der Waals surface area contributed by atoms with Crippen molar-refractivity contribution >= 4 is 10.1 Å². The Bertz CT molecular complexity index is 413. The molecule has 0 unspecified atom stereocenters. The van der Waals surface area contributed by atoms with Gasteiger partial charge in [0.05, 0.1) is 0 Å². The lowest BCUT2D eigenvalue weighted by Gasteiger charge is -2.13. The van der Waals surface area contributed by atoms with Gasteiger partial charge in [0.25, 0.3) is 0 Å². The van der Waals surface area contributed by atoms with Crippen molar-refractivity contribution in [1.82, 2.24) is 0 Å². The first-order valence-corrected chi connectivity index (χ1v) is 8.43. The molecule has 0 radical (unpaired) electrons. The molecule has 0 bridgehead atoms. The van der Waals surface area contributed by atoms with Crippen LogP contribution < -0.4 is 0 Å². The van der Waals surface area contributed by atoms with E-state index in [2.05, 4.69) is 4.18 Å². The summed E-state index contributed by atoms with van der Waals surface area (Å²) in [4.78, 5) is 0. The molecule has 1 aliphatic rings. The summed E-state index contributed by atoms with van der Waals surface area (Å²) in [5.74, 6) is -0.0668. The minimum Gasteiger partial charge on any atom is -0.381 e. The molecule has 20 heavy (non-hydrogen) atoms. The van der Waals surface area contributed by atoms with E-state index < -0.39 is 15.6 Å². The van der Waals surface area contributed by atoms with E-state index in [0.29, 0.717) is 12.8 Å². The number of rotatable bonds is 2. The monoisotopic (exact) mass is 314 g/mol. The van der Waals surface area contributed by atoms with Gasteiger partial charge in [0.1, 0.15) is 5.76 Å². The van der Waals surface area contributed by atoms with E-state index in [1.54, 1.807) is 0 Å². The maximum Gasteiger partial charge on any atom is 0.534 e. The number of alkyl halides is 3. The molecule has 3 nitrogen and oxygen atoms in total. The smallest absolute Gasteiger partial charge is 0.381 e. The first kappa shape index (κ1) is 17.3. The lowest BCUT2D eigenvalue weighted by Crippen LogP contribution is -2.25. The second kappa shape index (κ2) is 7.90. The van der Waals surface area contributed by atoms with Crippen LogP contribution in [0.5, 0.6) is 0 Å². The fourth-order valence-electron chi connectivity index (χ4n) is 2.13. The zero-order valence-electron chi connectivity index (χ0n) is 11.4. The third-order valence-electron chi connectivity index (χ3n) is 3.25. The normalized spacial score (nSPS) is 20.4. The third-order valence-corrected chi connectivity index (χ3v) is 4.25. The summed E-state index contributed by atoms with van der Waals surface area (Å²) in [5.41, 5.74) is -5.36. The van der Waals surface area contributed by atoms with Crippen molar-refractivity contribution in [3.63, 3.8) is 0 Å². The molecule has 0 saturated carbocycles. The van der Waals surface area contributed by atoms with Crippen molar-refractivity contribution in [2.24, 2.45) is 0 Å². The molecule has 0 atom stereocenters. The first-order chi connectivity index (χ1) is 9.33. The van der Waals surface area contributed by atoms with Crippen LogP contribution in [0.25, 0.3) is 0 Å². The average molecular weight is 314 g/mol. The molecule has 1 rings (SSSR count). The van der Waals surface area contributed by atoms with Gasteiger partial charge in [-0.15, -0.1) is 0 Å². The van der Waals surface area contributed by atoms with Crippen LogP contribution >= 0.6 is 0 Å². The Morgan fingerprint density at radius 1 is 0.900 bits per heavy atom. The highest BCUT2D eigenvalue weighted by molar-refractivity contribution is 7.87. The molecule has 0 fully saturated rings. The minimum atomic E-state index is -5.53.